The van der Waals surface area contributed by atoms with E-state index in [9.17, 15) is 4.79 Å². The van der Waals surface area contributed by atoms with Gasteiger partial charge in [0.25, 0.3) is 0 Å². The van der Waals surface area contributed by atoms with Gasteiger partial charge in [-0.05, 0) is 13.8 Å². The first kappa shape index (κ1) is 14.4. The topological polar surface area (TPSA) is 88.5 Å². The molecule has 7 nitrogen and oxygen atoms in total. The molecular weight excluding hydrogens is 230 g/mol. The lowest BCUT2D eigenvalue weighted by Crippen LogP contribution is -2.23. The highest BCUT2D eigenvalue weighted by atomic mass is 35.5. The van der Waals surface area contributed by atoms with Crippen molar-refractivity contribution in [2.75, 3.05) is 6.61 Å². The molecule has 0 bridgehead atoms. The fourth-order valence-electron chi connectivity index (χ4n) is 0.688. The van der Waals surface area contributed by atoms with Crippen molar-refractivity contribution in [2.24, 2.45) is 0 Å². The summed E-state index contributed by atoms with van der Waals surface area (Å²) >= 11 is 5.36. The lowest BCUT2D eigenvalue weighted by atomic mass is 10.3. The second-order valence-corrected chi connectivity index (χ2v) is 3.33. The molecular formula is C7H14ClNO6. The highest BCUT2D eigenvalue weighted by Crippen LogP contribution is 2.02. The Morgan fingerprint density at radius 1 is 1.47 bits per heavy atom. The number of halogens is 1. The van der Waals surface area contributed by atoms with Crippen LogP contribution in [0.3, 0.4) is 0 Å². The summed E-state index contributed by atoms with van der Waals surface area (Å²) in [5, 5.41) is 16.1. The number of alkyl halides is 1. The molecule has 0 aliphatic carbocycles. The summed E-state index contributed by atoms with van der Waals surface area (Å²) in [7, 11) is 0. The van der Waals surface area contributed by atoms with E-state index >= 15 is 0 Å². The van der Waals surface area contributed by atoms with Crippen LogP contribution in [0.4, 0.5) is 4.79 Å². The minimum atomic E-state index is -0.880. The monoisotopic (exact) mass is 243 g/mol. The number of carbonyl (C=O) groups excluding carboxylic acids is 1. The lowest BCUT2D eigenvalue weighted by molar-refractivity contribution is -0.503. The van der Waals surface area contributed by atoms with Crippen LogP contribution in [-0.4, -0.2) is 40.2 Å². The quantitative estimate of drug-likeness (QED) is 0.415. The molecule has 0 saturated carbocycles. The van der Waals surface area contributed by atoms with Gasteiger partial charge in [0.05, 0.1) is 18.1 Å². The maximum Gasteiger partial charge on any atom is 0.509 e. The highest BCUT2D eigenvalue weighted by molar-refractivity contribution is 6.19. The Kier molecular flexibility index (Phi) is 7.35. The molecule has 0 saturated heterocycles. The zero-order valence-corrected chi connectivity index (χ0v) is 9.18. The number of carbonyl (C=O) groups is 1. The van der Waals surface area contributed by atoms with Gasteiger partial charge in [-0.3, -0.25) is 10.4 Å². The van der Waals surface area contributed by atoms with Crippen molar-refractivity contribution in [1.29, 1.82) is 0 Å². The van der Waals surface area contributed by atoms with E-state index in [1.165, 1.54) is 6.92 Å². The molecule has 15 heavy (non-hydrogen) atoms. The lowest BCUT2D eigenvalue weighted by Gasteiger charge is -2.14. The molecule has 0 fully saturated rings. The highest BCUT2D eigenvalue weighted by Gasteiger charge is 2.10. The molecule has 0 radical (unpaired) electrons. The van der Waals surface area contributed by atoms with Gasteiger partial charge in [-0.25, -0.2) is 9.63 Å². The van der Waals surface area contributed by atoms with Crippen LogP contribution in [0, 0.1) is 0 Å². The summed E-state index contributed by atoms with van der Waals surface area (Å²) < 4.78 is 9.07. The summed E-state index contributed by atoms with van der Waals surface area (Å²) in [6.45, 7) is 3.07. The Labute approximate surface area is 91.9 Å². The van der Waals surface area contributed by atoms with Crippen molar-refractivity contribution >= 4 is 17.8 Å². The molecule has 0 spiro atoms. The van der Waals surface area contributed by atoms with Crippen LogP contribution < -0.4 is 0 Å². The first-order chi connectivity index (χ1) is 6.91. The first-order valence-electron chi connectivity index (χ1n) is 4.24. The van der Waals surface area contributed by atoms with Gasteiger partial charge >= 0.3 is 6.16 Å². The summed E-state index contributed by atoms with van der Waals surface area (Å²) in [6.07, 6.45) is -1.11. The van der Waals surface area contributed by atoms with E-state index in [4.69, 9.17) is 22.0 Å². The first-order valence-corrected chi connectivity index (χ1v) is 4.67. The van der Waals surface area contributed by atoms with Crippen LogP contribution in [0.1, 0.15) is 20.3 Å². The number of nitrogens with zero attached hydrogens (tertiary/aromatic N) is 1. The molecule has 0 amide bonds. The third-order valence-electron chi connectivity index (χ3n) is 1.28. The van der Waals surface area contributed by atoms with Crippen molar-refractivity contribution in [1.82, 2.24) is 5.39 Å². The van der Waals surface area contributed by atoms with Crippen LogP contribution in [0.2, 0.25) is 0 Å². The van der Waals surface area contributed by atoms with Gasteiger partial charge in [0.2, 0.25) is 0 Å². The van der Waals surface area contributed by atoms with Gasteiger partial charge in [-0.1, -0.05) is 11.6 Å². The van der Waals surface area contributed by atoms with E-state index in [2.05, 4.69) is 14.3 Å². The molecule has 0 aromatic rings. The van der Waals surface area contributed by atoms with Crippen molar-refractivity contribution in [3.8, 4) is 0 Å². The van der Waals surface area contributed by atoms with E-state index in [1.807, 2.05) is 0 Å². The van der Waals surface area contributed by atoms with Crippen molar-refractivity contribution in [3.05, 3.63) is 0 Å². The summed E-state index contributed by atoms with van der Waals surface area (Å²) in [5.74, 6) is 0. The maximum absolute atomic E-state index is 10.8. The molecule has 0 aliphatic rings. The van der Waals surface area contributed by atoms with Crippen LogP contribution in [-0.2, 0) is 14.3 Å². The zero-order valence-electron chi connectivity index (χ0n) is 8.42. The van der Waals surface area contributed by atoms with Crippen molar-refractivity contribution < 1.29 is 29.5 Å². The summed E-state index contributed by atoms with van der Waals surface area (Å²) in [5.41, 5.74) is -0.753. The largest absolute Gasteiger partial charge is 0.509 e. The fraction of sp³-hybridized carbons (Fsp3) is 0.857. The van der Waals surface area contributed by atoms with Gasteiger partial charge in [-0.2, -0.15) is 0 Å². The fourth-order valence-corrected chi connectivity index (χ4v) is 0.761. The SMILES string of the molecule is CC(Cl)OC(=O)OCC[C@@H](C)ON(O)O. The molecule has 0 heterocycles. The Bertz CT molecular complexity index is 188. The Balaban J connectivity index is 3.48. The Morgan fingerprint density at radius 2 is 2.07 bits per heavy atom. The maximum atomic E-state index is 10.8. The molecule has 0 rings (SSSR count). The summed E-state index contributed by atoms with van der Waals surface area (Å²) in [4.78, 5) is 15.2. The number of hydrogen-bond acceptors (Lipinski definition) is 7. The van der Waals surface area contributed by atoms with Crippen LogP contribution in [0.25, 0.3) is 0 Å². The van der Waals surface area contributed by atoms with Crippen LogP contribution in [0.15, 0.2) is 0 Å². The minimum absolute atomic E-state index is 0.0252. The van der Waals surface area contributed by atoms with Crippen molar-refractivity contribution in [3.63, 3.8) is 0 Å². The predicted molar refractivity (Wildman–Crippen MR) is 48.3 cm³/mol. The molecule has 2 N–H and O–H groups in total. The number of ether oxygens (including phenoxy) is 2. The average Bonchev–Trinajstić information content (AvgIpc) is 2.00. The third kappa shape index (κ3) is 9.70. The summed E-state index contributed by atoms with van der Waals surface area (Å²) in [6, 6.07) is 0. The standard InChI is InChI=1S/C7H14ClNO6/c1-5(15-9(11)12)3-4-13-7(10)14-6(2)8/h5-6,11-12H,3-4H2,1-2H3/t5-,6?/m1/s1. The van der Waals surface area contributed by atoms with Crippen LogP contribution in [0.5, 0.6) is 0 Å². The van der Waals surface area contributed by atoms with Gasteiger partial charge in [0.15, 0.2) is 5.56 Å². The smallest absolute Gasteiger partial charge is 0.434 e. The molecule has 1 unspecified atom stereocenters. The van der Waals surface area contributed by atoms with Crippen LogP contribution >= 0.6 is 11.6 Å². The van der Waals surface area contributed by atoms with E-state index < -0.39 is 23.2 Å². The molecule has 0 aromatic carbocycles. The molecule has 0 aliphatic heterocycles. The number of rotatable bonds is 6. The van der Waals surface area contributed by atoms with Crippen molar-refractivity contribution in [2.45, 2.75) is 31.9 Å². The Hall–Kier alpha value is -0.600. The predicted octanol–water partition coefficient (Wildman–Crippen LogP) is 1.51. The van der Waals surface area contributed by atoms with Gasteiger partial charge in [0, 0.05) is 6.42 Å². The van der Waals surface area contributed by atoms with E-state index in [-0.39, 0.29) is 13.0 Å². The van der Waals surface area contributed by atoms with Gasteiger partial charge < -0.3 is 9.47 Å². The number of hydrogen-bond donors (Lipinski definition) is 2. The normalized spacial score (nSPS) is 14.8. The second-order valence-electron chi connectivity index (χ2n) is 2.72. The molecule has 2 atom stereocenters. The molecule has 0 aromatic heterocycles. The third-order valence-corrected chi connectivity index (χ3v) is 1.37. The Morgan fingerprint density at radius 3 is 2.53 bits per heavy atom. The van der Waals surface area contributed by atoms with E-state index in [0.29, 0.717) is 0 Å². The second kappa shape index (κ2) is 7.66. The molecule has 8 heteroatoms. The van der Waals surface area contributed by atoms with Gasteiger partial charge in [0.1, 0.15) is 0 Å². The minimum Gasteiger partial charge on any atom is -0.434 e. The van der Waals surface area contributed by atoms with E-state index in [1.54, 1.807) is 6.92 Å². The van der Waals surface area contributed by atoms with Gasteiger partial charge in [-0.15, -0.1) is 0 Å². The zero-order chi connectivity index (χ0) is 11.8. The average molecular weight is 244 g/mol. The van der Waals surface area contributed by atoms with E-state index in [0.717, 1.165) is 0 Å². The molecule has 90 valence electrons.